The van der Waals surface area contributed by atoms with Crippen molar-refractivity contribution in [2.75, 3.05) is 13.2 Å². The van der Waals surface area contributed by atoms with Crippen LogP contribution in [0.25, 0.3) is 0 Å². The van der Waals surface area contributed by atoms with Crippen LogP contribution >= 0.6 is 0 Å². The topological polar surface area (TPSA) is 35.5 Å². The number of esters is 1. The summed E-state index contributed by atoms with van der Waals surface area (Å²) in [6.45, 7) is 8.86. The summed E-state index contributed by atoms with van der Waals surface area (Å²) in [5, 5.41) is 0. The van der Waals surface area contributed by atoms with Crippen molar-refractivity contribution in [2.24, 2.45) is 5.92 Å². The van der Waals surface area contributed by atoms with E-state index < -0.39 is 0 Å². The van der Waals surface area contributed by atoms with Crippen molar-refractivity contribution in [1.29, 1.82) is 0 Å². The zero-order chi connectivity index (χ0) is 10.6. The third-order valence-corrected chi connectivity index (χ3v) is 2.52. The molecule has 1 rings (SSSR count). The van der Waals surface area contributed by atoms with Crippen molar-refractivity contribution >= 4 is 5.97 Å². The Morgan fingerprint density at radius 1 is 1.64 bits per heavy atom. The fraction of sp³-hybridized carbons (Fsp3) is 0.727. The van der Waals surface area contributed by atoms with Gasteiger partial charge in [0.1, 0.15) is 0 Å². The molecule has 3 nitrogen and oxygen atoms in total. The summed E-state index contributed by atoms with van der Waals surface area (Å²) >= 11 is 0. The smallest absolute Gasteiger partial charge is 0.308 e. The molecule has 1 heterocycles. The van der Waals surface area contributed by atoms with Gasteiger partial charge in [-0.1, -0.05) is 12.2 Å². The van der Waals surface area contributed by atoms with Gasteiger partial charge in [-0.2, -0.15) is 0 Å². The van der Waals surface area contributed by atoms with Crippen LogP contribution in [0.3, 0.4) is 0 Å². The van der Waals surface area contributed by atoms with Gasteiger partial charge in [0, 0.05) is 12.5 Å². The Morgan fingerprint density at radius 3 is 2.93 bits per heavy atom. The molecule has 0 saturated carbocycles. The molecule has 0 aromatic heterocycles. The molecule has 0 bridgehead atoms. The first-order valence-corrected chi connectivity index (χ1v) is 5.07. The van der Waals surface area contributed by atoms with Crippen LogP contribution in [0, 0.1) is 5.92 Å². The third kappa shape index (κ3) is 2.84. The van der Waals surface area contributed by atoms with Gasteiger partial charge < -0.3 is 9.47 Å². The molecule has 14 heavy (non-hydrogen) atoms. The van der Waals surface area contributed by atoms with Gasteiger partial charge in [0.2, 0.25) is 0 Å². The molecule has 0 aliphatic carbocycles. The number of ether oxygens (including phenoxy) is 2. The predicted molar refractivity (Wildman–Crippen MR) is 53.9 cm³/mol. The van der Waals surface area contributed by atoms with Crippen molar-refractivity contribution < 1.29 is 14.3 Å². The number of carbonyl (C=O) groups is 1. The van der Waals surface area contributed by atoms with Crippen LogP contribution in [0.4, 0.5) is 0 Å². The summed E-state index contributed by atoms with van der Waals surface area (Å²) in [5.74, 6) is 0.144. The zero-order valence-electron chi connectivity index (χ0n) is 8.91. The molecule has 0 unspecified atom stereocenters. The Labute approximate surface area is 85.1 Å². The summed E-state index contributed by atoms with van der Waals surface area (Å²) < 4.78 is 10.4. The summed E-state index contributed by atoms with van der Waals surface area (Å²) in [7, 11) is 0. The minimum absolute atomic E-state index is 0.0217. The van der Waals surface area contributed by atoms with E-state index in [1.165, 1.54) is 0 Å². The van der Waals surface area contributed by atoms with Gasteiger partial charge in [-0.25, -0.2) is 0 Å². The Kier molecular flexibility index (Phi) is 4.14. The first-order valence-electron chi connectivity index (χ1n) is 5.07. The SMILES string of the molecule is C=C(C)[C@H]1CCO[C@@H]1CC(=O)OCC. The van der Waals surface area contributed by atoms with Crippen LogP contribution in [-0.2, 0) is 14.3 Å². The predicted octanol–water partition coefficient (Wildman–Crippen LogP) is 1.92. The Bertz CT molecular complexity index is 223. The maximum absolute atomic E-state index is 11.2. The molecule has 0 aromatic rings. The fourth-order valence-corrected chi connectivity index (χ4v) is 1.80. The van der Waals surface area contributed by atoms with Crippen molar-refractivity contribution in [1.82, 2.24) is 0 Å². The van der Waals surface area contributed by atoms with Crippen LogP contribution in [0.2, 0.25) is 0 Å². The lowest BCUT2D eigenvalue weighted by atomic mass is 9.93. The second-order valence-corrected chi connectivity index (χ2v) is 3.66. The van der Waals surface area contributed by atoms with E-state index in [0.29, 0.717) is 18.9 Å². The molecule has 0 radical (unpaired) electrons. The van der Waals surface area contributed by atoms with E-state index in [2.05, 4.69) is 6.58 Å². The normalized spacial score (nSPS) is 26.1. The molecule has 80 valence electrons. The first kappa shape index (κ1) is 11.2. The van der Waals surface area contributed by atoms with Gasteiger partial charge in [-0.05, 0) is 20.3 Å². The Morgan fingerprint density at radius 2 is 2.36 bits per heavy atom. The summed E-state index contributed by atoms with van der Waals surface area (Å²) in [6, 6.07) is 0. The molecule has 1 fully saturated rings. The van der Waals surface area contributed by atoms with E-state index >= 15 is 0 Å². The average molecular weight is 198 g/mol. The van der Waals surface area contributed by atoms with Gasteiger partial charge in [0.25, 0.3) is 0 Å². The van der Waals surface area contributed by atoms with Gasteiger partial charge >= 0.3 is 5.97 Å². The van der Waals surface area contributed by atoms with Crippen molar-refractivity contribution in [3.05, 3.63) is 12.2 Å². The van der Waals surface area contributed by atoms with Gasteiger partial charge in [0.05, 0.1) is 19.1 Å². The van der Waals surface area contributed by atoms with Gasteiger partial charge in [-0.15, -0.1) is 0 Å². The Balaban J connectivity index is 2.43. The molecule has 2 atom stereocenters. The van der Waals surface area contributed by atoms with Crippen LogP contribution < -0.4 is 0 Å². The lowest BCUT2D eigenvalue weighted by Gasteiger charge is -2.17. The van der Waals surface area contributed by atoms with Crippen LogP contribution in [0.5, 0.6) is 0 Å². The fourth-order valence-electron chi connectivity index (χ4n) is 1.80. The largest absolute Gasteiger partial charge is 0.466 e. The van der Waals surface area contributed by atoms with E-state index in [1.807, 2.05) is 13.8 Å². The van der Waals surface area contributed by atoms with Crippen molar-refractivity contribution in [2.45, 2.75) is 32.8 Å². The molecule has 0 N–H and O–H groups in total. The van der Waals surface area contributed by atoms with E-state index in [-0.39, 0.29) is 12.1 Å². The van der Waals surface area contributed by atoms with Crippen LogP contribution in [0.15, 0.2) is 12.2 Å². The summed E-state index contributed by atoms with van der Waals surface area (Å²) in [6.07, 6.45) is 1.30. The van der Waals surface area contributed by atoms with Crippen molar-refractivity contribution in [3.8, 4) is 0 Å². The zero-order valence-corrected chi connectivity index (χ0v) is 8.91. The maximum atomic E-state index is 11.2. The highest BCUT2D eigenvalue weighted by Gasteiger charge is 2.30. The van der Waals surface area contributed by atoms with Crippen molar-refractivity contribution in [3.63, 3.8) is 0 Å². The number of rotatable bonds is 4. The highest BCUT2D eigenvalue weighted by atomic mass is 16.5. The van der Waals surface area contributed by atoms with E-state index in [9.17, 15) is 4.79 Å². The Hall–Kier alpha value is -0.830. The molecule has 1 aliphatic heterocycles. The quantitative estimate of drug-likeness (QED) is 0.511. The minimum Gasteiger partial charge on any atom is -0.466 e. The van der Waals surface area contributed by atoms with E-state index in [1.54, 1.807) is 0 Å². The lowest BCUT2D eigenvalue weighted by Crippen LogP contribution is -2.22. The van der Waals surface area contributed by atoms with E-state index in [0.717, 1.165) is 18.6 Å². The lowest BCUT2D eigenvalue weighted by molar-refractivity contribution is -0.145. The van der Waals surface area contributed by atoms with Crippen LogP contribution in [-0.4, -0.2) is 25.3 Å². The molecule has 0 spiro atoms. The van der Waals surface area contributed by atoms with Gasteiger partial charge in [0.15, 0.2) is 0 Å². The first-order chi connectivity index (χ1) is 6.65. The molecular formula is C11H18O3. The van der Waals surface area contributed by atoms with Gasteiger partial charge in [-0.3, -0.25) is 4.79 Å². The highest BCUT2D eigenvalue weighted by molar-refractivity contribution is 5.70. The molecule has 3 heteroatoms. The highest BCUT2D eigenvalue weighted by Crippen LogP contribution is 2.28. The molecule has 0 amide bonds. The maximum Gasteiger partial charge on any atom is 0.308 e. The summed E-state index contributed by atoms with van der Waals surface area (Å²) in [4.78, 5) is 11.2. The second-order valence-electron chi connectivity index (χ2n) is 3.66. The average Bonchev–Trinajstić information content (AvgIpc) is 2.52. The van der Waals surface area contributed by atoms with Crippen LogP contribution in [0.1, 0.15) is 26.7 Å². The molecule has 1 aliphatic rings. The number of carbonyl (C=O) groups excluding carboxylic acids is 1. The monoisotopic (exact) mass is 198 g/mol. The third-order valence-electron chi connectivity index (χ3n) is 2.52. The molecule has 1 saturated heterocycles. The second kappa shape index (κ2) is 5.15. The molecule has 0 aromatic carbocycles. The minimum atomic E-state index is -0.175. The number of hydrogen-bond donors (Lipinski definition) is 0. The summed E-state index contributed by atoms with van der Waals surface area (Å²) in [5.41, 5.74) is 1.09. The van der Waals surface area contributed by atoms with E-state index in [4.69, 9.17) is 9.47 Å². The number of hydrogen-bond acceptors (Lipinski definition) is 3. The standard InChI is InChI=1S/C11H18O3/c1-4-13-11(12)7-10-9(8(2)3)5-6-14-10/h9-10H,2,4-7H2,1,3H3/t9-,10-/m1/s1. The molecular weight excluding hydrogens is 180 g/mol.